The molecule has 0 spiro atoms. The van der Waals surface area contributed by atoms with Crippen LogP contribution in [0.3, 0.4) is 0 Å². The zero-order valence-electron chi connectivity index (χ0n) is 9.84. The van der Waals surface area contributed by atoms with Gasteiger partial charge in [0.05, 0.1) is 17.0 Å². The molecule has 0 amide bonds. The highest BCUT2D eigenvalue weighted by Gasteiger charge is 2.17. The summed E-state index contributed by atoms with van der Waals surface area (Å²) in [6, 6.07) is 6.75. The number of nitrogens with zero attached hydrogens (tertiary/aromatic N) is 1. The number of aryl methyl sites for hydroxylation is 1. The fraction of sp³-hybridized carbons (Fsp3) is 0.154. The summed E-state index contributed by atoms with van der Waals surface area (Å²) in [6.45, 7) is 1.86. The number of hydrogen-bond acceptors (Lipinski definition) is 3. The number of hydrogen-bond donors (Lipinski definition) is 1. The second-order valence-corrected chi connectivity index (χ2v) is 5.54. The largest absolute Gasteiger partial charge is 0.256 e. The third kappa shape index (κ3) is 2.21. The Morgan fingerprint density at radius 1 is 1.39 bits per heavy atom. The average Bonchev–Trinajstić information content (AvgIpc) is 2.37. The maximum absolute atomic E-state index is 12.1. The van der Waals surface area contributed by atoms with Crippen LogP contribution in [0.4, 0.5) is 0 Å². The summed E-state index contributed by atoms with van der Waals surface area (Å²) in [5.74, 6) is 2.25. The topological polar surface area (TPSA) is 59.1 Å². The molecule has 0 bridgehead atoms. The van der Waals surface area contributed by atoms with Gasteiger partial charge in [-0.05, 0) is 30.7 Å². The molecule has 1 heterocycles. The molecule has 1 aromatic heterocycles. The first kappa shape index (κ1) is 12.6. The summed E-state index contributed by atoms with van der Waals surface area (Å²) in [7, 11) is -3.60. The Labute approximate surface area is 106 Å². The average molecular weight is 260 g/mol. The lowest BCUT2D eigenvalue weighted by Gasteiger charge is -2.09. The molecule has 0 unspecified atom stereocenters. The Hall–Kier alpha value is -1.90. The molecule has 0 atom stereocenters. The van der Waals surface area contributed by atoms with E-state index in [2.05, 4.69) is 15.6 Å². The lowest BCUT2D eigenvalue weighted by molar-refractivity contribution is 0.587. The molecular formula is C13H12N2O2S. The van der Waals surface area contributed by atoms with Gasteiger partial charge in [0.1, 0.15) is 0 Å². The molecule has 0 saturated carbocycles. The minimum absolute atomic E-state index is 0.0298. The van der Waals surface area contributed by atoms with Gasteiger partial charge in [0.25, 0.3) is 0 Å². The van der Waals surface area contributed by atoms with Gasteiger partial charge in [-0.1, -0.05) is 12.0 Å². The van der Waals surface area contributed by atoms with E-state index < -0.39 is 10.0 Å². The van der Waals surface area contributed by atoms with Crippen LogP contribution < -0.4 is 4.72 Å². The molecule has 0 aliphatic rings. The van der Waals surface area contributed by atoms with E-state index in [1.54, 1.807) is 30.5 Å². The van der Waals surface area contributed by atoms with Crippen LogP contribution in [-0.4, -0.2) is 19.9 Å². The van der Waals surface area contributed by atoms with Crippen LogP contribution in [0.5, 0.6) is 0 Å². The smallest absolute Gasteiger partial charge is 0.242 e. The zero-order chi connectivity index (χ0) is 13.2. The van der Waals surface area contributed by atoms with Gasteiger partial charge in [-0.2, -0.15) is 4.72 Å². The third-order valence-electron chi connectivity index (χ3n) is 2.59. The standard InChI is InChI=1S/C13H12N2O2S/c1-3-8-15-18(16,17)12-7-6-10(2)13-11(12)5-4-9-14-13/h1,4-7,9,15H,8H2,2H3. The third-order valence-corrected chi connectivity index (χ3v) is 4.04. The molecule has 0 aliphatic heterocycles. The van der Waals surface area contributed by atoms with E-state index in [4.69, 9.17) is 6.42 Å². The Morgan fingerprint density at radius 3 is 2.89 bits per heavy atom. The van der Waals surface area contributed by atoms with Crippen molar-refractivity contribution in [2.24, 2.45) is 0 Å². The first-order valence-corrected chi connectivity index (χ1v) is 6.82. The number of nitrogens with one attached hydrogen (secondary N) is 1. The maximum atomic E-state index is 12.1. The lowest BCUT2D eigenvalue weighted by atomic mass is 10.1. The van der Waals surface area contributed by atoms with Crippen LogP contribution in [0.2, 0.25) is 0 Å². The van der Waals surface area contributed by atoms with Gasteiger partial charge in [-0.3, -0.25) is 4.98 Å². The van der Waals surface area contributed by atoms with Crippen LogP contribution >= 0.6 is 0 Å². The summed E-state index contributed by atoms with van der Waals surface area (Å²) in [5, 5.41) is 0.599. The van der Waals surface area contributed by atoms with Crippen molar-refractivity contribution in [3.8, 4) is 12.3 Å². The Bertz CT molecular complexity index is 730. The predicted octanol–water partition coefficient (Wildman–Crippen LogP) is 1.45. The monoisotopic (exact) mass is 260 g/mol. The highest BCUT2D eigenvalue weighted by atomic mass is 32.2. The number of aromatic nitrogens is 1. The number of sulfonamides is 1. The predicted molar refractivity (Wildman–Crippen MR) is 70.5 cm³/mol. The van der Waals surface area contributed by atoms with Crippen molar-refractivity contribution < 1.29 is 8.42 Å². The molecule has 0 saturated heterocycles. The van der Waals surface area contributed by atoms with E-state index in [9.17, 15) is 8.42 Å². The van der Waals surface area contributed by atoms with Crippen molar-refractivity contribution >= 4 is 20.9 Å². The van der Waals surface area contributed by atoms with Crippen molar-refractivity contribution in [1.29, 1.82) is 0 Å². The molecule has 0 aliphatic carbocycles. The summed E-state index contributed by atoms with van der Waals surface area (Å²) in [6.07, 6.45) is 6.70. The van der Waals surface area contributed by atoms with Crippen LogP contribution in [0.25, 0.3) is 10.9 Å². The molecule has 5 heteroatoms. The molecular weight excluding hydrogens is 248 g/mol. The molecule has 0 fully saturated rings. The van der Waals surface area contributed by atoms with Crippen molar-refractivity contribution in [2.75, 3.05) is 6.54 Å². The van der Waals surface area contributed by atoms with E-state index in [1.807, 2.05) is 6.92 Å². The van der Waals surface area contributed by atoms with Crippen molar-refractivity contribution in [2.45, 2.75) is 11.8 Å². The van der Waals surface area contributed by atoms with Gasteiger partial charge < -0.3 is 0 Å². The number of rotatable bonds is 3. The van der Waals surface area contributed by atoms with Gasteiger partial charge in [0, 0.05) is 11.6 Å². The molecule has 92 valence electrons. The molecule has 2 aromatic rings. The second kappa shape index (κ2) is 4.77. The lowest BCUT2D eigenvalue weighted by Crippen LogP contribution is -2.24. The van der Waals surface area contributed by atoms with Gasteiger partial charge >= 0.3 is 0 Å². The van der Waals surface area contributed by atoms with E-state index in [-0.39, 0.29) is 11.4 Å². The van der Waals surface area contributed by atoms with Crippen LogP contribution in [0.1, 0.15) is 5.56 Å². The van der Waals surface area contributed by atoms with Gasteiger partial charge in [0.2, 0.25) is 10.0 Å². The van der Waals surface area contributed by atoms with E-state index >= 15 is 0 Å². The van der Waals surface area contributed by atoms with Gasteiger partial charge in [-0.25, -0.2) is 8.42 Å². The molecule has 1 aromatic carbocycles. The van der Waals surface area contributed by atoms with Crippen LogP contribution in [-0.2, 0) is 10.0 Å². The minimum Gasteiger partial charge on any atom is -0.256 e. The Balaban J connectivity index is 2.67. The number of terminal acetylenes is 1. The van der Waals surface area contributed by atoms with E-state index in [1.165, 1.54) is 0 Å². The Morgan fingerprint density at radius 2 is 2.17 bits per heavy atom. The SMILES string of the molecule is C#CCNS(=O)(=O)c1ccc(C)c2ncccc12. The summed E-state index contributed by atoms with van der Waals surface area (Å²) < 4.78 is 26.5. The van der Waals surface area contributed by atoms with E-state index in [0.29, 0.717) is 10.9 Å². The van der Waals surface area contributed by atoms with Crippen molar-refractivity contribution in [3.63, 3.8) is 0 Å². The normalized spacial score (nSPS) is 11.3. The number of pyridine rings is 1. The van der Waals surface area contributed by atoms with Gasteiger partial charge in [-0.15, -0.1) is 6.42 Å². The fourth-order valence-electron chi connectivity index (χ4n) is 1.74. The maximum Gasteiger partial charge on any atom is 0.242 e. The summed E-state index contributed by atoms with van der Waals surface area (Å²) in [5.41, 5.74) is 1.61. The first-order valence-electron chi connectivity index (χ1n) is 5.34. The van der Waals surface area contributed by atoms with Crippen LogP contribution in [0.15, 0.2) is 35.4 Å². The minimum atomic E-state index is -3.60. The van der Waals surface area contributed by atoms with Crippen LogP contribution in [0, 0.1) is 19.3 Å². The fourth-order valence-corrected chi connectivity index (χ4v) is 2.87. The number of fused-ring (bicyclic) bond motifs is 1. The quantitative estimate of drug-likeness (QED) is 0.850. The molecule has 4 nitrogen and oxygen atoms in total. The zero-order valence-corrected chi connectivity index (χ0v) is 10.7. The highest BCUT2D eigenvalue weighted by Crippen LogP contribution is 2.23. The molecule has 1 N–H and O–H groups in total. The second-order valence-electron chi connectivity index (χ2n) is 3.81. The van der Waals surface area contributed by atoms with E-state index in [0.717, 1.165) is 5.56 Å². The molecule has 0 radical (unpaired) electrons. The van der Waals surface area contributed by atoms with Crippen molar-refractivity contribution in [1.82, 2.24) is 9.71 Å². The molecule has 2 rings (SSSR count). The number of benzene rings is 1. The highest BCUT2D eigenvalue weighted by molar-refractivity contribution is 7.89. The Kier molecular flexibility index (Phi) is 3.32. The molecule has 18 heavy (non-hydrogen) atoms. The summed E-state index contributed by atoms with van der Waals surface area (Å²) >= 11 is 0. The first-order chi connectivity index (χ1) is 8.56. The van der Waals surface area contributed by atoms with Crippen molar-refractivity contribution in [3.05, 3.63) is 36.0 Å². The summed E-state index contributed by atoms with van der Waals surface area (Å²) in [4.78, 5) is 4.40. The van der Waals surface area contributed by atoms with Gasteiger partial charge in [0.15, 0.2) is 0 Å².